The number of hydrogen-bond donors (Lipinski definition) is 1. The monoisotopic (exact) mass is 711 g/mol. The zero-order chi connectivity index (χ0) is 35.7. The van der Waals surface area contributed by atoms with Gasteiger partial charge in [0.25, 0.3) is 0 Å². The molecule has 4 aromatic rings. The molecule has 1 N–H and O–H groups in total. The highest BCUT2D eigenvalue weighted by Gasteiger charge is 2.45. The Hall–Kier alpha value is -3.12. The summed E-state index contributed by atoms with van der Waals surface area (Å²) in [6, 6.07) is 3.69. The third-order valence-electron chi connectivity index (χ3n) is 9.86. The lowest BCUT2D eigenvalue weighted by Crippen LogP contribution is -2.56. The molecule has 0 bridgehead atoms. The third-order valence-corrected chi connectivity index (χ3v) is 10.1. The normalized spacial score (nSPS) is 21.4. The molecule has 3 aromatic heterocycles. The molecule has 10 nitrogen and oxygen atoms in total. The van der Waals surface area contributed by atoms with Gasteiger partial charge in [-0.15, -0.1) is 0 Å². The molecule has 4 saturated heterocycles. The fourth-order valence-electron chi connectivity index (χ4n) is 7.38. The zero-order valence-electron chi connectivity index (χ0n) is 30.8. The smallest absolute Gasteiger partial charge is 0.319 e. The first-order valence-corrected chi connectivity index (χ1v) is 19.0. The van der Waals surface area contributed by atoms with Crippen LogP contribution in [-0.4, -0.2) is 94.8 Å². The third kappa shape index (κ3) is 8.16. The van der Waals surface area contributed by atoms with E-state index in [0.29, 0.717) is 40.5 Å². The fraction of sp³-hybridized carbons (Fsp3) is 0.632. The molecule has 0 radical (unpaired) electrons. The van der Waals surface area contributed by atoms with Crippen LogP contribution in [0, 0.1) is 5.82 Å². The van der Waals surface area contributed by atoms with E-state index in [4.69, 9.17) is 26.1 Å². The maximum Gasteiger partial charge on any atom is 0.319 e. The Morgan fingerprint density at radius 1 is 0.900 bits per heavy atom. The van der Waals surface area contributed by atoms with E-state index in [1.165, 1.54) is 32.1 Å². The van der Waals surface area contributed by atoms with Crippen LogP contribution in [0.5, 0.6) is 6.01 Å². The number of aromatic nitrogens is 5. The number of ether oxygens (including phenoxy) is 3. The van der Waals surface area contributed by atoms with E-state index in [1.54, 1.807) is 38.7 Å². The Kier molecular flexibility index (Phi) is 13.3. The van der Waals surface area contributed by atoms with Gasteiger partial charge in [-0.1, -0.05) is 58.6 Å². The van der Waals surface area contributed by atoms with E-state index in [9.17, 15) is 0 Å². The zero-order valence-corrected chi connectivity index (χ0v) is 31.5. The van der Waals surface area contributed by atoms with Crippen LogP contribution < -0.4 is 9.64 Å². The lowest BCUT2D eigenvalue weighted by Gasteiger charge is -2.48. The standard InChI is InChI=1S/C29H31ClFN7O2.C3H6.C2H6O.2C2H6/c30-18-12-19(20-15-33-36-22(20)13-18)24-23(31)25-21(14-32-24)26(37-8-3-6-29(16-37)7-11-40-29)35-27(34-25)39-17-28-4-1-9-38(28)10-2-5-28;1-2-3-1;1-3-2;2*1-2/h12-15H,1-11,16-17H2,(H,33,36);1-3H2;1-2H3;2*1-2H3. The molecule has 1 unspecified atom stereocenters. The summed E-state index contributed by atoms with van der Waals surface area (Å²) in [5, 5.41) is 8.81. The number of anilines is 1. The average molecular weight is 712 g/mol. The first-order chi connectivity index (χ1) is 24.4. The quantitative estimate of drug-likeness (QED) is 0.218. The number of halogens is 2. The number of pyridine rings is 1. The second-order valence-electron chi connectivity index (χ2n) is 13.3. The SMILES string of the molecule is C1CC1.CC.CC.COC.Fc1c(-c2cc(Cl)cc3[nH]ncc23)ncc2c(N3CCCC4(CCO4)C3)nc(OCC34CCCN3CCC4)nc12. The number of methoxy groups -OCH3 is 1. The van der Waals surface area contributed by atoms with Crippen molar-refractivity contribution in [3.63, 3.8) is 0 Å². The van der Waals surface area contributed by atoms with E-state index >= 15 is 4.39 Å². The van der Waals surface area contributed by atoms with Crippen molar-refractivity contribution < 1.29 is 18.6 Å². The predicted octanol–water partition coefficient (Wildman–Crippen LogP) is 8.61. The topological polar surface area (TPSA) is 102 Å². The van der Waals surface area contributed by atoms with Crippen molar-refractivity contribution in [2.24, 2.45) is 0 Å². The van der Waals surface area contributed by atoms with Crippen molar-refractivity contribution in [1.29, 1.82) is 0 Å². The predicted molar refractivity (Wildman–Crippen MR) is 200 cm³/mol. The number of benzene rings is 1. The Balaban J connectivity index is 0.000000436. The minimum absolute atomic E-state index is 0.0308. The van der Waals surface area contributed by atoms with Crippen LogP contribution in [0.15, 0.2) is 24.5 Å². The number of hydrogen-bond acceptors (Lipinski definition) is 9. The van der Waals surface area contributed by atoms with Crippen molar-refractivity contribution in [3.05, 3.63) is 35.4 Å². The summed E-state index contributed by atoms with van der Waals surface area (Å²) in [4.78, 5) is 18.9. The first-order valence-electron chi connectivity index (χ1n) is 18.6. The van der Waals surface area contributed by atoms with E-state index in [0.717, 1.165) is 63.7 Å². The van der Waals surface area contributed by atoms with Gasteiger partial charge < -0.3 is 19.1 Å². The van der Waals surface area contributed by atoms with Crippen LogP contribution in [0.4, 0.5) is 10.2 Å². The van der Waals surface area contributed by atoms with Gasteiger partial charge in [-0.05, 0) is 63.7 Å². The molecule has 1 aliphatic carbocycles. The summed E-state index contributed by atoms with van der Waals surface area (Å²) < 4.78 is 33.1. The van der Waals surface area contributed by atoms with Crippen molar-refractivity contribution in [2.75, 3.05) is 58.5 Å². The number of nitrogens with zero attached hydrogens (tertiary/aromatic N) is 6. The van der Waals surface area contributed by atoms with Gasteiger partial charge in [-0.3, -0.25) is 15.0 Å². The summed E-state index contributed by atoms with van der Waals surface area (Å²) in [6.45, 7) is 13.0. The van der Waals surface area contributed by atoms with Crippen LogP contribution in [-0.2, 0) is 9.47 Å². The maximum absolute atomic E-state index is 16.5. The summed E-state index contributed by atoms with van der Waals surface area (Å²) >= 11 is 6.38. The lowest BCUT2D eigenvalue weighted by atomic mass is 9.86. The molecule has 12 heteroatoms. The van der Waals surface area contributed by atoms with Gasteiger partial charge in [0.2, 0.25) is 0 Å². The van der Waals surface area contributed by atoms with Crippen molar-refractivity contribution in [2.45, 2.75) is 103 Å². The largest absolute Gasteiger partial charge is 0.461 e. The van der Waals surface area contributed by atoms with Crippen LogP contribution in [0.2, 0.25) is 5.02 Å². The number of fused-ring (bicyclic) bond motifs is 3. The number of H-pyrrole nitrogens is 1. The Morgan fingerprint density at radius 2 is 1.58 bits per heavy atom. The molecule has 7 heterocycles. The van der Waals surface area contributed by atoms with E-state index in [1.807, 2.05) is 27.7 Å². The average Bonchev–Trinajstić information content (AvgIpc) is 3.70. The van der Waals surface area contributed by atoms with E-state index in [2.05, 4.69) is 34.7 Å². The van der Waals surface area contributed by atoms with Gasteiger partial charge in [0.05, 0.1) is 34.8 Å². The molecule has 4 aliphatic heterocycles. The highest BCUT2D eigenvalue weighted by Crippen LogP contribution is 2.42. The number of rotatable bonds is 5. The number of piperidine rings is 1. The molecule has 9 rings (SSSR count). The second-order valence-corrected chi connectivity index (χ2v) is 13.7. The minimum Gasteiger partial charge on any atom is -0.461 e. The number of nitrogens with one attached hydrogen (secondary N) is 1. The second kappa shape index (κ2) is 17.4. The van der Waals surface area contributed by atoms with E-state index in [-0.39, 0.29) is 28.4 Å². The Labute approximate surface area is 301 Å². The molecule has 274 valence electrons. The highest BCUT2D eigenvalue weighted by molar-refractivity contribution is 6.31. The highest BCUT2D eigenvalue weighted by atomic mass is 35.5. The molecular weight excluding hydrogens is 657 g/mol. The number of aromatic amines is 1. The Bertz CT molecular complexity index is 1680. The summed E-state index contributed by atoms with van der Waals surface area (Å²) in [6.07, 6.45) is 15.4. The summed E-state index contributed by atoms with van der Waals surface area (Å²) in [7, 11) is 3.25. The van der Waals surface area contributed by atoms with Crippen molar-refractivity contribution >= 4 is 39.2 Å². The van der Waals surface area contributed by atoms with Gasteiger partial charge in [0.1, 0.15) is 23.6 Å². The Morgan fingerprint density at radius 3 is 2.22 bits per heavy atom. The molecule has 1 atom stereocenters. The summed E-state index contributed by atoms with van der Waals surface area (Å²) in [5.74, 6) is 0.128. The van der Waals surface area contributed by atoms with Gasteiger partial charge in [-0.2, -0.15) is 15.1 Å². The van der Waals surface area contributed by atoms with E-state index < -0.39 is 5.82 Å². The van der Waals surface area contributed by atoms with Crippen molar-refractivity contribution in [3.8, 4) is 17.3 Å². The molecule has 1 spiro atoms. The minimum atomic E-state index is -0.524. The molecular formula is C38H55ClFN7O3. The van der Waals surface area contributed by atoms with Gasteiger partial charge in [0, 0.05) is 55.9 Å². The van der Waals surface area contributed by atoms with Crippen LogP contribution >= 0.6 is 11.6 Å². The maximum atomic E-state index is 16.5. The fourth-order valence-corrected chi connectivity index (χ4v) is 7.60. The molecule has 5 aliphatic rings. The van der Waals surface area contributed by atoms with Crippen LogP contribution in [0.3, 0.4) is 0 Å². The van der Waals surface area contributed by atoms with Gasteiger partial charge in [0.15, 0.2) is 5.82 Å². The van der Waals surface area contributed by atoms with Gasteiger partial charge >= 0.3 is 6.01 Å². The van der Waals surface area contributed by atoms with Crippen LogP contribution in [0.25, 0.3) is 33.1 Å². The molecule has 50 heavy (non-hydrogen) atoms. The summed E-state index contributed by atoms with van der Waals surface area (Å²) in [5.41, 5.74) is 1.53. The van der Waals surface area contributed by atoms with Gasteiger partial charge in [-0.25, -0.2) is 4.39 Å². The molecule has 0 amide bonds. The molecule has 1 saturated carbocycles. The molecule has 5 fully saturated rings. The first kappa shape index (κ1) is 38.1. The lowest BCUT2D eigenvalue weighted by molar-refractivity contribution is -0.151. The van der Waals surface area contributed by atoms with Crippen LogP contribution in [0.1, 0.15) is 91.9 Å². The van der Waals surface area contributed by atoms with Crippen molar-refractivity contribution in [1.82, 2.24) is 30.0 Å². The molecule has 1 aromatic carbocycles.